The zero-order valence-electron chi connectivity index (χ0n) is 18.4. The number of thiocarbonyl (C=S) groups is 1. The number of para-hydroxylation sites is 1. The lowest BCUT2D eigenvalue weighted by Gasteiger charge is -2.10. The first-order valence-electron chi connectivity index (χ1n) is 10.8. The molecule has 0 atom stereocenters. The van der Waals surface area contributed by atoms with Crippen molar-refractivity contribution in [1.82, 2.24) is 14.7 Å². The minimum absolute atomic E-state index is 0.108. The predicted octanol–water partition coefficient (Wildman–Crippen LogP) is 6.11. The molecule has 5 nitrogen and oxygen atoms in total. The van der Waals surface area contributed by atoms with Crippen molar-refractivity contribution >= 4 is 40.3 Å². The molecule has 33 heavy (non-hydrogen) atoms. The van der Waals surface area contributed by atoms with Crippen LogP contribution in [0.2, 0.25) is 0 Å². The highest BCUT2D eigenvalue weighted by Gasteiger charge is 2.31. The van der Waals surface area contributed by atoms with Gasteiger partial charge in [0.15, 0.2) is 0 Å². The molecule has 1 fully saturated rings. The van der Waals surface area contributed by atoms with E-state index in [1.165, 1.54) is 11.8 Å². The lowest BCUT2D eigenvalue weighted by Crippen LogP contribution is -2.27. The van der Waals surface area contributed by atoms with Crippen LogP contribution in [-0.2, 0) is 4.79 Å². The largest absolute Gasteiger partial charge is 0.494 e. The third kappa shape index (κ3) is 5.26. The maximum Gasteiger partial charge on any atom is 0.266 e. The number of thioether (sulfide) groups is 1. The number of carbonyl (C=O) groups excluding carboxylic acids is 1. The van der Waals surface area contributed by atoms with Crippen LogP contribution in [0.25, 0.3) is 23.0 Å². The molecule has 0 radical (unpaired) electrons. The van der Waals surface area contributed by atoms with Gasteiger partial charge >= 0.3 is 0 Å². The van der Waals surface area contributed by atoms with E-state index in [2.05, 4.69) is 13.5 Å². The first-order valence-corrected chi connectivity index (χ1v) is 12.1. The third-order valence-electron chi connectivity index (χ3n) is 5.13. The van der Waals surface area contributed by atoms with Crippen molar-refractivity contribution in [3.05, 3.63) is 83.9 Å². The summed E-state index contributed by atoms with van der Waals surface area (Å²) >= 11 is 6.69. The summed E-state index contributed by atoms with van der Waals surface area (Å²) in [5.74, 6) is 0.726. The molecule has 7 heteroatoms. The van der Waals surface area contributed by atoms with Gasteiger partial charge in [-0.1, -0.05) is 61.6 Å². The van der Waals surface area contributed by atoms with Gasteiger partial charge in [0.05, 0.1) is 22.9 Å². The van der Waals surface area contributed by atoms with E-state index in [0.717, 1.165) is 41.1 Å². The average molecular weight is 476 g/mol. The van der Waals surface area contributed by atoms with Crippen molar-refractivity contribution in [2.24, 2.45) is 0 Å². The van der Waals surface area contributed by atoms with E-state index in [9.17, 15) is 4.79 Å². The quantitative estimate of drug-likeness (QED) is 0.162. The Morgan fingerprint density at radius 3 is 2.61 bits per heavy atom. The molecule has 2 heterocycles. The lowest BCUT2D eigenvalue weighted by atomic mass is 10.1. The van der Waals surface area contributed by atoms with Crippen molar-refractivity contribution in [2.75, 3.05) is 13.2 Å². The summed E-state index contributed by atoms with van der Waals surface area (Å²) in [6.45, 7) is 6.96. The second kappa shape index (κ2) is 10.6. The van der Waals surface area contributed by atoms with Gasteiger partial charge in [0, 0.05) is 23.9 Å². The van der Waals surface area contributed by atoms with Gasteiger partial charge in [-0.3, -0.25) is 9.69 Å². The normalized spacial score (nSPS) is 14.8. The maximum atomic E-state index is 12.9. The van der Waals surface area contributed by atoms with Gasteiger partial charge < -0.3 is 4.74 Å². The van der Waals surface area contributed by atoms with E-state index in [1.807, 2.05) is 71.6 Å². The number of benzene rings is 2. The van der Waals surface area contributed by atoms with Crippen LogP contribution in [0.15, 0.2) is 78.4 Å². The summed E-state index contributed by atoms with van der Waals surface area (Å²) in [5.41, 5.74) is 3.52. The van der Waals surface area contributed by atoms with Crippen molar-refractivity contribution in [1.29, 1.82) is 0 Å². The van der Waals surface area contributed by atoms with E-state index in [0.29, 0.717) is 22.4 Å². The van der Waals surface area contributed by atoms with Gasteiger partial charge in [-0.25, -0.2) is 4.68 Å². The highest BCUT2D eigenvalue weighted by atomic mass is 32.2. The molecule has 0 spiro atoms. The van der Waals surface area contributed by atoms with Gasteiger partial charge in [0.1, 0.15) is 10.1 Å². The van der Waals surface area contributed by atoms with Crippen molar-refractivity contribution in [2.45, 2.75) is 19.8 Å². The summed E-state index contributed by atoms with van der Waals surface area (Å²) in [6, 6.07) is 17.8. The SMILES string of the molecule is C=CCN1C(=O)C(=Cc2cn(-c3ccccc3)nc2-c2ccc(OCCCC)cc2)SC1=S. The van der Waals surface area contributed by atoms with Crippen LogP contribution in [0.1, 0.15) is 25.3 Å². The van der Waals surface area contributed by atoms with Crippen LogP contribution < -0.4 is 4.74 Å². The molecule has 0 aliphatic carbocycles. The zero-order valence-corrected chi connectivity index (χ0v) is 20.1. The summed E-state index contributed by atoms with van der Waals surface area (Å²) in [6.07, 6.45) is 7.61. The molecule has 1 aliphatic rings. The van der Waals surface area contributed by atoms with Gasteiger partial charge in [0.25, 0.3) is 5.91 Å². The first-order chi connectivity index (χ1) is 16.1. The fourth-order valence-electron chi connectivity index (χ4n) is 3.40. The Morgan fingerprint density at radius 2 is 1.91 bits per heavy atom. The van der Waals surface area contributed by atoms with Crippen LogP contribution in [0, 0.1) is 0 Å². The number of aromatic nitrogens is 2. The Morgan fingerprint density at radius 1 is 1.15 bits per heavy atom. The van der Waals surface area contributed by atoms with E-state index in [4.69, 9.17) is 22.1 Å². The molecule has 1 saturated heterocycles. The van der Waals surface area contributed by atoms with Crippen LogP contribution in [-0.4, -0.2) is 38.1 Å². The highest BCUT2D eigenvalue weighted by molar-refractivity contribution is 8.26. The molecular weight excluding hydrogens is 450 g/mol. The first kappa shape index (κ1) is 23.0. The minimum Gasteiger partial charge on any atom is -0.494 e. The zero-order chi connectivity index (χ0) is 23.2. The molecule has 0 unspecified atom stereocenters. The van der Waals surface area contributed by atoms with Gasteiger partial charge in [-0.2, -0.15) is 5.10 Å². The highest BCUT2D eigenvalue weighted by Crippen LogP contribution is 2.35. The van der Waals surface area contributed by atoms with E-state index in [1.54, 1.807) is 11.0 Å². The van der Waals surface area contributed by atoms with Crippen LogP contribution in [0.4, 0.5) is 0 Å². The Labute approximate surface area is 203 Å². The molecule has 3 aromatic rings. The molecule has 1 aromatic heterocycles. The van der Waals surface area contributed by atoms with Gasteiger partial charge in [-0.05, 0) is 48.9 Å². The van der Waals surface area contributed by atoms with E-state index >= 15 is 0 Å². The number of nitrogens with zero attached hydrogens (tertiary/aromatic N) is 3. The molecule has 0 bridgehead atoms. The smallest absolute Gasteiger partial charge is 0.266 e. The number of hydrogen-bond acceptors (Lipinski definition) is 5. The summed E-state index contributed by atoms with van der Waals surface area (Å²) < 4.78 is 8.17. The number of amides is 1. The molecule has 2 aromatic carbocycles. The molecule has 1 amide bonds. The van der Waals surface area contributed by atoms with Gasteiger partial charge in [-0.15, -0.1) is 6.58 Å². The summed E-state index contributed by atoms with van der Waals surface area (Å²) in [4.78, 5) is 15.0. The number of hydrogen-bond donors (Lipinski definition) is 0. The standard InChI is InChI=1S/C26H25N3O2S2/c1-3-5-16-31-22-13-11-19(12-14-22)24-20(18-29(27-24)21-9-7-6-8-10-21)17-23-25(30)28(15-4-2)26(32)33-23/h4,6-14,17-18H,2-3,5,15-16H2,1H3. The number of carbonyl (C=O) groups is 1. The van der Waals surface area contributed by atoms with Gasteiger partial charge in [0.2, 0.25) is 0 Å². The molecule has 1 aliphatic heterocycles. The molecule has 168 valence electrons. The average Bonchev–Trinajstić information content (AvgIpc) is 3.37. The van der Waals surface area contributed by atoms with E-state index < -0.39 is 0 Å². The van der Waals surface area contributed by atoms with Crippen LogP contribution >= 0.6 is 24.0 Å². The summed E-state index contributed by atoms with van der Waals surface area (Å²) in [5, 5.41) is 4.85. The second-order valence-corrected chi connectivity index (χ2v) is 9.20. The Bertz CT molecular complexity index is 1180. The maximum absolute atomic E-state index is 12.9. The number of ether oxygens (including phenoxy) is 1. The molecule has 4 rings (SSSR count). The number of unbranched alkanes of at least 4 members (excludes halogenated alkanes) is 1. The molecular formula is C26H25N3O2S2. The third-order valence-corrected chi connectivity index (χ3v) is 6.51. The topological polar surface area (TPSA) is 47.4 Å². The van der Waals surface area contributed by atoms with E-state index in [-0.39, 0.29) is 5.91 Å². The second-order valence-electron chi connectivity index (χ2n) is 7.52. The van der Waals surface area contributed by atoms with Crippen molar-refractivity contribution in [3.8, 4) is 22.7 Å². The Kier molecular flexibility index (Phi) is 7.42. The Hall–Kier alpha value is -3.16. The fraction of sp³-hybridized carbons (Fsp3) is 0.192. The fourth-order valence-corrected chi connectivity index (χ4v) is 4.67. The van der Waals surface area contributed by atoms with Crippen molar-refractivity contribution in [3.63, 3.8) is 0 Å². The monoisotopic (exact) mass is 475 g/mol. The Balaban J connectivity index is 1.71. The minimum atomic E-state index is -0.108. The van der Waals surface area contributed by atoms with Crippen molar-refractivity contribution < 1.29 is 9.53 Å². The lowest BCUT2D eigenvalue weighted by molar-refractivity contribution is -0.121. The predicted molar refractivity (Wildman–Crippen MR) is 139 cm³/mol. The van der Waals surface area contributed by atoms with Crippen LogP contribution in [0.5, 0.6) is 5.75 Å². The van der Waals surface area contributed by atoms with Crippen LogP contribution in [0.3, 0.4) is 0 Å². The molecule has 0 saturated carbocycles. The molecule has 0 N–H and O–H groups in total. The number of rotatable bonds is 9. The summed E-state index contributed by atoms with van der Waals surface area (Å²) in [7, 11) is 0.